The molecule has 0 aliphatic carbocycles. The summed E-state index contributed by atoms with van der Waals surface area (Å²) in [6, 6.07) is 18.9. The maximum Gasteiger partial charge on any atom is 0.234 e. The fraction of sp³-hybridized carbons (Fsp3) is 0.361. The molecule has 0 fully saturated rings. The van der Waals surface area contributed by atoms with Gasteiger partial charge in [0, 0.05) is 23.4 Å². The van der Waals surface area contributed by atoms with Crippen molar-refractivity contribution >= 4 is 29.6 Å². The van der Waals surface area contributed by atoms with Gasteiger partial charge in [0.1, 0.15) is 0 Å². The van der Waals surface area contributed by atoms with Gasteiger partial charge in [-0.15, -0.1) is 0 Å². The van der Waals surface area contributed by atoms with Gasteiger partial charge >= 0.3 is 0 Å². The van der Waals surface area contributed by atoms with E-state index in [0.717, 1.165) is 44.9 Å². The number of fused-ring (bicyclic) bond motifs is 1. The van der Waals surface area contributed by atoms with Gasteiger partial charge in [0.15, 0.2) is 11.5 Å². The lowest BCUT2D eigenvalue weighted by Crippen LogP contribution is -2.41. The first-order valence-electron chi connectivity index (χ1n) is 14.9. The fourth-order valence-corrected chi connectivity index (χ4v) is 5.43. The number of benzene rings is 3. The lowest BCUT2D eigenvalue weighted by atomic mass is 9.86. The molecule has 1 aliphatic heterocycles. The molecule has 1 unspecified atom stereocenters. The second-order valence-electron chi connectivity index (χ2n) is 12.2. The van der Waals surface area contributed by atoms with E-state index < -0.39 is 6.04 Å². The molecule has 1 aromatic heterocycles. The molecule has 238 valence electrons. The van der Waals surface area contributed by atoms with Crippen LogP contribution in [-0.2, 0) is 20.7 Å². The van der Waals surface area contributed by atoms with Gasteiger partial charge in [0.25, 0.3) is 0 Å². The Morgan fingerprint density at radius 1 is 0.978 bits per heavy atom. The highest BCUT2D eigenvalue weighted by atomic mass is 35.5. The van der Waals surface area contributed by atoms with Gasteiger partial charge in [-0.25, -0.2) is 4.68 Å². The number of carbonyl (C=O) groups is 2. The zero-order chi connectivity index (χ0) is 33.1. The van der Waals surface area contributed by atoms with E-state index in [0.29, 0.717) is 22.9 Å². The lowest BCUT2D eigenvalue weighted by Gasteiger charge is -2.38. The summed E-state index contributed by atoms with van der Waals surface area (Å²) in [6.07, 6.45) is 0.881. The second-order valence-corrected chi connectivity index (χ2v) is 12.7. The first kappa shape index (κ1) is 33.7. The minimum Gasteiger partial charge on any atom is -0.493 e. The number of hydrogen-bond donors (Lipinski definition) is 0. The number of amides is 1. The zero-order valence-electron chi connectivity index (χ0n) is 27.5. The van der Waals surface area contributed by atoms with Crippen molar-refractivity contribution in [2.45, 2.75) is 72.6 Å². The topological polar surface area (TPSA) is 82.9 Å². The van der Waals surface area contributed by atoms with E-state index in [4.69, 9.17) is 25.8 Å². The van der Waals surface area contributed by atoms with Crippen LogP contribution >= 0.6 is 11.6 Å². The second kappa shape index (κ2) is 13.9. The third-order valence-electron chi connectivity index (χ3n) is 7.61. The van der Waals surface area contributed by atoms with Gasteiger partial charge in [-0.1, -0.05) is 35.9 Å². The van der Waals surface area contributed by atoms with E-state index in [9.17, 15) is 9.59 Å². The van der Waals surface area contributed by atoms with Crippen LogP contribution in [0.5, 0.6) is 11.5 Å². The monoisotopic (exact) mass is 631 g/mol. The van der Waals surface area contributed by atoms with Gasteiger partial charge in [0.2, 0.25) is 12.3 Å². The van der Waals surface area contributed by atoms with Gasteiger partial charge in [-0.05, 0) is 107 Å². The average molecular weight is 632 g/mol. The van der Waals surface area contributed by atoms with E-state index in [1.807, 2.05) is 114 Å². The fourth-order valence-electron chi connectivity index (χ4n) is 5.30. The molecule has 0 spiro atoms. The summed E-state index contributed by atoms with van der Waals surface area (Å²) < 4.78 is 18.0. The number of aromatic nitrogens is 2. The highest BCUT2D eigenvalue weighted by Crippen LogP contribution is 2.44. The smallest absolute Gasteiger partial charge is 0.234 e. The van der Waals surface area contributed by atoms with Crippen LogP contribution in [0.1, 0.15) is 68.7 Å². The number of ether oxygens (including phenoxy) is 3. The number of anilines is 1. The minimum atomic E-state index is -0.397. The largest absolute Gasteiger partial charge is 0.493 e. The Kier molecular flexibility index (Phi) is 10.4. The van der Waals surface area contributed by atoms with Crippen LogP contribution in [0.4, 0.5) is 5.69 Å². The average Bonchev–Trinajstić information content (AvgIpc) is 3.29. The van der Waals surface area contributed by atoms with Crippen LogP contribution in [0.15, 0.2) is 60.7 Å². The quantitative estimate of drug-likeness (QED) is 0.194. The first-order chi connectivity index (χ1) is 21.3. The normalized spacial score (nSPS) is 14.5. The minimum absolute atomic E-state index is 0.0316. The van der Waals surface area contributed by atoms with E-state index in [1.165, 1.54) is 4.68 Å². The van der Waals surface area contributed by atoms with Crippen molar-refractivity contribution in [3.8, 4) is 22.6 Å². The Morgan fingerprint density at radius 3 is 2.11 bits per heavy atom. The van der Waals surface area contributed by atoms with Crippen LogP contribution < -0.4 is 14.4 Å². The predicted octanol–water partition coefficient (Wildman–Crippen LogP) is 7.76. The van der Waals surface area contributed by atoms with Crippen LogP contribution in [0, 0.1) is 13.8 Å². The SMILES string of the molecule is COC(C)(C)C.COc1cc2c(cc1OC(C)C)C(c1ccc(Cl)cc1)N(c1ccc(-c3c(C)nn(C=O)c3C)cc1)C(=O)C2. The lowest BCUT2D eigenvalue weighted by molar-refractivity contribution is -0.118. The summed E-state index contributed by atoms with van der Waals surface area (Å²) in [5.74, 6) is 1.20. The van der Waals surface area contributed by atoms with Crippen LogP contribution in [-0.4, -0.2) is 48.0 Å². The Labute approximate surface area is 270 Å². The van der Waals surface area contributed by atoms with Crippen molar-refractivity contribution in [1.29, 1.82) is 0 Å². The third kappa shape index (κ3) is 7.57. The van der Waals surface area contributed by atoms with Crippen LogP contribution in [0.25, 0.3) is 11.1 Å². The maximum absolute atomic E-state index is 13.8. The van der Waals surface area contributed by atoms with Crippen molar-refractivity contribution in [1.82, 2.24) is 9.78 Å². The molecule has 1 atom stereocenters. The van der Waals surface area contributed by atoms with E-state index >= 15 is 0 Å². The number of hydrogen-bond acceptors (Lipinski definition) is 6. The van der Waals surface area contributed by atoms with Crippen molar-refractivity contribution in [2.75, 3.05) is 19.1 Å². The zero-order valence-corrected chi connectivity index (χ0v) is 28.2. The van der Waals surface area contributed by atoms with Gasteiger partial charge in [0.05, 0.1) is 42.7 Å². The number of nitrogens with zero attached hydrogens (tertiary/aromatic N) is 3. The summed E-state index contributed by atoms with van der Waals surface area (Å²) in [7, 11) is 3.31. The first-order valence-corrected chi connectivity index (χ1v) is 15.3. The van der Waals surface area contributed by atoms with Crippen molar-refractivity contribution in [2.24, 2.45) is 0 Å². The molecule has 5 rings (SSSR count). The number of halogens is 1. The summed E-state index contributed by atoms with van der Waals surface area (Å²) in [5, 5.41) is 4.93. The molecular formula is C36H42ClN3O5. The molecule has 0 radical (unpaired) electrons. The van der Waals surface area contributed by atoms with E-state index in [-0.39, 0.29) is 24.0 Å². The molecule has 1 aliphatic rings. The molecule has 3 aromatic carbocycles. The Bertz CT molecular complexity index is 1650. The molecular weight excluding hydrogens is 590 g/mol. The van der Waals surface area contributed by atoms with Crippen LogP contribution in [0.2, 0.25) is 5.02 Å². The number of carbonyl (C=O) groups excluding carboxylic acids is 2. The summed E-state index contributed by atoms with van der Waals surface area (Å²) in [4.78, 5) is 26.9. The third-order valence-corrected chi connectivity index (χ3v) is 7.86. The maximum atomic E-state index is 13.8. The van der Waals surface area contributed by atoms with Gasteiger partial charge in [-0.3, -0.25) is 9.59 Å². The molecule has 0 saturated heterocycles. The number of aryl methyl sites for hydroxylation is 1. The molecule has 4 aromatic rings. The summed E-state index contributed by atoms with van der Waals surface area (Å²) >= 11 is 6.22. The molecule has 0 N–H and O–H groups in total. The summed E-state index contributed by atoms with van der Waals surface area (Å²) in [5.41, 5.74) is 6.95. The Morgan fingerprint density at radius 2 is 1.60 bits per heavy atom. The predicted molar refractivity (Wildman–Crippen MR) is 179 cm³/mol. The van der Waals surface area contributed by atoms with E-state index in [1.54, 1.807) is 14.2 Å². The molecule has 45 heavy (non-hydrogen) atoms. The van der Waals surface area contributed by atoms with E-state index in [2.05, 4.69) is 5.10 Å². The standard InChI is InChI=1S/C31H30ClN3O4.C5H12O/c1-18(2)39-28-16-26-23(14-27(28)38-5)15-29(37)35(31(26)22-6-10-24(32)11-7-22)25-12-8-21(9-13-25)30-19(3)33-34(17-36)20(30)4;1-5(2,3)6-4/h6-14,16-18,31H,15H2,1-5H3;1-4H3. The number of methoxy groups -OCH3 is 2. The molecule has 1 amide bonds. The highest BCUT2D eigenvalue weighted by Gasteiger charge is 2.36. The molecule has 8 nitrogen and oxygen atoms in total. The Hall–Kier alpha value is -4.14. The summed E-state index contributed by atoms with van der Waals surface area (Å²) in [6.45, 7) is 13.7. The van der Waals surface area contributed by atoms with Gasteiger partial charge in [-0.2, -0.15) is 5.10 Å². The van der Waals surface area contributed by atoms with Crippen LogP contribution in [0.3, 0.4) is 0 Å². The Balaban J connectivity index is 0.000000700. The molecule has 2 heterocycles. The van der Waals surface area contributed by atoms with Crippen molar-refractivity contribution in [3.63, 3.8) is 0 Å². The molecule has 0 bridgehead atoms. The van der Waals surface area contributed by atoms with Crippen molar-refractivity contribution in [3.05, 3.63) is 93.8 Å². The van der Waals surface area contributed by atoms with Gasteiger partial charge < -0.3 is 19.1 Å². The highest BCUT2D eigenvalue weighted by molar-refractivity contribution is 6.30. The van der Waals surface area contributed by atoms with Crippen molar-refractivity contribution < 1.29 is 23.8 Å². The number of rotatable bonds is 7. The molecule has 0 saturated carbocycles. The molecule has 9 heteroatoms.